The zero-order valence-electron chi connectivity index (χ0n) is 20.4. The van der Waals surface area contributed by atoms with Gasteiger partial charge in [0.15, 0.2) is 11.2 Å². The first-order valence-electron chi connectivity index (χ1n) is 11.7. The van der Waals surface area contributed by atoms with Crippen molar-refractivity contribution in [2.24, 2.45) is 20.0 Å². The van der Waals surface area contributed by atoms with Crippen molar-refractivity contribution in [3.63, 3.8) is 0 Å². The molecular weight excluding hydrogens is 519 g/mol. The Bertz CT molecular complexity index is 1660. The summed E-state index contributed by atoms with van der Waals surface area (Å²) in [4.78, 5) is 47.6. The van der Waals surface area contributed by atoms with Crippen LogP contribution in [0.3, 0.4) is 0 Å². The molecule has 10 nitrogen and oxygen atoms in total. The van der Waals surface area contributed by atoms with E-state index in [1.54, 1.807) is 49.9 Å². The SMILES string of the molecule is CCOC(=O)[C@@H]1C[C@@H]1c1cccc(Nc2nc3c(c(=O)n(Cc4ccc(Cl)c(Cl)c4)c(=O)n3C)n2C)n1. The summed E-state index contributed by atoms with van der Waals surface area (Å²) < 4.78 is 9.17. The molecule has 192 valence electrons. The van der Waals surface area contributed by atoms with Crippen LogP contribution < -0.4 is 16.6 Å². The second-order valence-corrected chi connectivity index (χ2v) is 9.74. The van der Waals surface area contributed by atoms with Crippen LogP contribution in [-0.2, 0) is 30.2 Å². The molecule has 3 aromatic heterocycles. The summed E-state index contributed by atoms with van der Waals surface area (Å²) in [6.07, 6.45) is 0.696. The van der Waals surface area contributed by atoms with Gasteiger partial charge in [0.2, 0.25) is 5.95 Å². The minimum Gasteiger partial charge on any atom is -0.466 e. The molecule has 2 atom stereocenters. The van der Waals surface area contributed by atoms with Crippen molar-refractivity contribution in [3.8, 4) is 0 Å². The molecule has 0 amide bonds. The molecule has 1 aliphatic rings. The quantitative estimate of drug-likeness (QED) is 0.355. The molecule has 0 spiro atoms. The summed E-state index contributed by atoms with van der Waals surface area (Å²) in [7, 11) is 3.25. The normalized spacial score (nSPS) is 16.7. The summed E-state index contributed by atoms with van der Waals surface area (Å²) in [6, 6.07) is 10.4. The molecule has 3 heterocycles. The van der Waals surface area contributed by atoms with Gasteiger partial charge in [-0.2, -0.15) is 4.98 Å². The highest BCUT2D eigenvalue weighted by Crippen LogP contribution is 2.47. The molecule has 1 fully saturated rings. The van der Waals surface area contributed by atoms with E-state index in [4.69, 9.17) is 27.9 Å². The Hall–Kier alpha value is -3.63. The van der Waals surface area contributed by atoms with Crippen molar-refractivity contribution in [2.75, 3.05) is 11.9 Å². The molecule has 0 bridgehead atoms. The van der Waals surface area contributed by atoms with Crippen molar-refractivity contribution in [1.29, 1.82) is 0 Å². The Morgan fingerprint density at radius 1 is 1.11 bits per heavy atom. The Kier molecular flexibility index (Phi) is 6.55. The number of nitrogens with zero attached hydrogens (tertiary/aromatic N) is 5. The summed E-state index contributed by atoms with van der Waals surface area (Å²) in [6.45, 7) is 2.16. The molecular formula is C25H24Cl2N6O4. The van der Waals surface area contributed by atoms with Gasteiger partial charge in [0.25, 0.3) is 5.56 Å². The number of imidazole rings is 1. The Morgan fingerprint density at radius 2 is 1.89 bits per heavy atom. The van der Waals surface area contributed by atoms with E-state index in [1.165, 1.54) is 4.57 Å². The standard InChI is InChI=1S/C25H24Cl2N6O4/c1-4-37-23(35)15-11-14(15)18-6-5-7-19(28-18)29-24-30-21-20(31(24)2)22(34)33(25(36)32(21)3)12-13-8-9-16(26)17(27)10-13/h5-10,14-15H,4,11-12H2,1-3H3,(H,28,29,30)/t14-,15+/m0/s1. The predicted octanol–water partition coefficient (Wildman–Crippen LogP) is 3.59. The number of carbonyl (C=O) groups excluding carboxylic acids is 1. The Balaban J connectivity index is 1.47. The Morgan fingerprint density at radius 3 is 2.62 bits per heavy atom. The number of pyridine rings is 1. The highest BCUT2D eigenvalue weighted by Gasteiger charge is 2.46. The van der Waals surface area contributed by atoms with Gasteiger partial charge in [-0.05, 0) is 43.2 Å². The number of esters is 1. The fraction of sp³-hybridized carbons (Fsp3) is 0.320. The molecule has 12 heteroatoms. The fourth-order valence-corrected chi connectivity index (χ4v) is 4.71. The lowest BCUT2D eigenvalue weighted by atomic mass is 10.2. The van der Waals surface area contributed by atoms with Crippen LogP contribution in [0.25, 0.3) is 11.2 Å². The second kappa shape index (κ2) is 9.68. The molecule has 0 saturated heterocycles. The number of aryl methyl sites for hydroxylation is 2. The minimum absolute atomic E-state index is 0.00985. The Labute approximate surface area is 221 Å². The summed E-state index contributed by atoms with van der Waals surface area (Å²) in [5.41, 5.74) is 0.946. The maximum atomic E-state index is 13.4. The lowest BCUT2D eigenvalue weighted by Gasteiger charge is -2.09. The van der Waals surface area contributed by atoms with E-state index in [1.807, 2.05) is 12.1 Å². The van der Waals surface area contributed by atoms with Crippen molar-refractivity contribution in [2.45, 2.75) is 25.8 Å². The molecule has 1 saturated carbocycles. The number of anilines is 2. The number of benzene rings is 1. The molecule has 1 aliphatic carbocycles. The third kappa shape index (κ3) is 4.62. The number of aromatic nitrogens is 5. The zero-order chi connectivity index (χ0) is 26.4. The second-order valence-electron chi connectivity index (χ2n) is 8.92. The van der Waals surface area contributed by atoms with Crippen molar-refractivity contribution in [3.05, 3.63) is 78.5 Å². The van der Waals surface area contributed by atoms with E-state index < -0.39 is 11.2 Å². The topological polar surface area (TPSA) is 113 Å². The lowest BCUT2D eigenvalue weighted by Crippen LogP contribution is -2.39. The number of rotatable bonds is 7. The number of hydrogen-bond acceptors (Lipinski definition) is 7. The van der Waals surface area contributed by atoms with Crippen LogP contribution in [0.1, 0.15) is 30.5 Å². The molecule has 0 aliphatic heterocycles. The van der Waals surface area contributed by atoms with Crippen LogP contribution in [0.5, 0.6) is 0 Å². The highest BCUT2D eigenvalue weighted by molar-refractivity contribution is 6.42. The van der Waals surface area contributed by atoms with E-state index >= 15 is 0 Å². The van der Waals surface area contributed by atoms with E-state index in [0.29, 0.717) is 40.4 Å². The first-order valence-corrected chi connectivity index (χ1v) is 12.5. The van der Waals surface area contributed by atoms with Gasteiger partial charge >= 0.3 is 11.7 Å². The first-order chi connectivity index (χ1) is 17.7. The van der Waals surface area contributed by atoms with Crippen molar-refractivity contribution >= 4 is 52.1 Å². The molecule has 1 N–H and O–H groups in total. The fourth-order valence-electron chi connectivity index (χ4n) is 4.39. The molecule has 4 aromatic rings. The number of nitrogens with one attached hydrogen (secondary N) is 1. The van der Waals surface area contributed by atoms with Gasteiger partial charge in [0, 0.05) is 25.7 Å². The number of fused-ring (bicyclic) bond motifs is 1. The molecule has 1 aromatic carbocycles. The van der Waals surface area contributed by atoms with Gasteiger partial charge < -0.3 is 14.6 Å². The van der Waals surface area contributed by atoms with E-state index in [-0.39, 0.29) is 35.5 Å². The van der Waals surface area contributed by atoms with Crippen LogP contribution in [0.4, 0.5) is 11.8 Å². The van der Waals surface area contributed by atoms with E-state index in [2.05, 4.69) is 15.3 Å². The monoisotopic (exact) mass is 542 g/mol. The van der Waals surface area contributed by atoms with Crippen LogP contribution in [-0.4, -0.2) is 36.2 Å². The lowest BCUT2D eigenvalue weighted by molar-refractivity contribution is -0.144. The van der Waals surface area contributed by atoms with Crippen LogP contribution >= 0.6 is 23.2 Å². The average Bonchev–Trinajstić information content (AvgIpc) is 3.62. The van der Waals surface area contributed by atoms with Gasteiger partial charge in [-0.25, -0.2) is 9.78 Å². The van der Waals surface area contributed by atoms with Crippen LogP contribution in [0.15, 0.2) is 46.0 Å². The molecule has 0 radical (unpaired) electrons. The van der Waals surface area contributed by atoms with Gasteiger partial charge in [-0.3, -0.25) is 18.7 Å². The van der Waals surface area contributed by atoms with Crippen LogP contribution in [0.2, 0.25) is 10.0 Å². The molecule has 0 unspecified atom stereocenters. The maximum Gasteiger partial charge on any atom is 0.332 e. The largest absolute Gasteiger partial charge is 0.466 e. The first kappa shape index (κ1) is 25.0. The predicted molar refractivity (Wildman–Crippen MR) is 141 cm³/mol. The molecule has 5 rings (SSSR count). The summed E-state index contributed by atoms with van der Waals surface area (Å²) in [5.74, 6) is 0.474. The number of halogens is 2. The van der Waals surface area contributed by atoms with E-state index in [0.717, 1.165) is 10.3 Å². The number of carbonyl (C=O) groups is 1. The van der Waals surface area contributed by atoms with Crippen molar-refractivity contribution < 1.29 is 9.53 Å². The van der Waals surface area contributed by atoms with Gasteiger partial charge in [-0.15, -0.1) is 0 Å². The van der Waals surface area contributed by atoms with Gasteiger partial charge in [0.1, 0.15) is 5.82 Å². The van der Waals surface area contributed by atoms with Crippen LogP contribution in [0, 0.1) is 5.92 Å². The number of ether oxygens (including phenoxy) is 1. The van der Waals surface area contributed by atoms with Gasteiger partial charge in [0.05, 0.1) is 29.1 Å². The van der Waals surface area contributed by atoms with Crippen molar-refractivity contribution in [1.82, 2.24) is 23.7 Å². The summed E-state index contributed by atoms with van der Waals surface area (Å²) >= 11 is 12.1. The maximum absolute atomic E-state index is 13.4. The van der Waals surface area contributed by atoms with Gasteiger partial charge in [-0.1, -0.05) is 35.3 Å². The smallest absolute Gasteiger partial charge is 0.332 e. The van der Waals surface area contributed by atoms with E-state index in [9.17, 15) is 14.4 Å². The minimum atomic E-state index is -0.507. The average molecular weight is 543 g/mol. The molecule has 37 heavy (non-hydrogen) atoms. The zero-order valence-corrected chi connectivity index (χ0v) is 21.9. The highest BCUT2D eigenvalue weighted by atomic mass is 35.5. The third-order valence-electron chi connectivity index (χ3n) is 6.45. The number of hydrogen-bond donors (Lipinski definition) is 1. The summed E-state index contributed by atoms with van der Waals surface area (Å²) in [5, 5.41) is 3.87. The third-order valence-corrected chi connectivity index (χ3v) is 7.19.